The molecule has 1 aliphatic rings. The zero-order valence-electron chi connectivity index (χ0n) is 10.8. The molecule has 7 nitrogen and oxygen atoms in total. The van der Waals surface area contributed by atoms with Crippen LogP contribution in [0.1, 0.15) is 5.56 Å². The van der Waals surface area contributed by atoms with E-state index in [2.05, 4.69) is 21.2 Å². The number of nitrogens with one attached hydrogen (secondary N) is 1. The van der Waals surface area contributed by atoms with Crippen LogP contribution >= 0.6 is 15.9 Å². The first-order valence-corrected chi connectivity index (χ1v) is 8.23. The van der Waals surface area contributed by atoms with Crippen LogP contribution in [0.4, 0.5) is 5.69 Å². The minimum atomic E-state index is -3.70. The lowest BCUT2D eigenvalue weighted by Crippen LogP contribution is -2.46. The van der Waals surface area contributed by atoms with E-state index in [0.29, 0.717) is 36.2 Å². The number of hydrogen-bond acceptors (Lipinski definition) is 5. The van der Waals surface area contributed by atoms with Crippen molar-refractivity contribution in [3.63, 3.8) is 0 Å². The molecular formula is C11H14BrN3O4S. The summed E-state index contributed by atoms with van der Waals surface area (Å²) < 4.78 is 26.7. The highest BCUT2D eigenvalue weighted by Gasteiger charge is 2.28. The van der Waals surface area contributed by atoms with Crippen LogP contribution < -0.4 is 5.32 Å². The Morgan fingerprint density at radius 3 is 2.50 bits per heavy atom. The van der Waals surface area contributed by atoms with E-state index in [1.807, 2.05) is 0 Å². The molecule has 1 fully saturated rings. The molecule has 0 bridgehead atoms. The summed E-state index contributed by atoms with van der Waals surface area (Å²) in [5, 5.41) is 14.1. The molecule has 1 aromatic carbocycles. The average Bonchev–Trinajstić information content (AvgIpc) is 2.42. The topological polar surface area (TPSA) is 92.6 Å². The molecule has 0 spiro atoms. The molecule has 0 saturated carbocycles. The predicted molar refractivity (Wildman–Crippen MR) is 77.2 cm³/mol. The summed E-state index contributed by atoms with van der Waals surface area (Å²) in [6, 6.07) is 2.54. The van der Waals surface area contributed by atoms with Gasteiger partial charge >= 0.3 is 0 Å². The Balaban J connectivity index is 2.49. The summed E-state index contributed by atoms with van der Waals surface area (Å²) in [4.78, 5) is 10.4. The van der Waals surface area contributed by atoms with Gasteiger partial charge < -0.3 is 5.32 Å². The Morgan fingerprint density at radius 2 is 1.95 bits per heavy atom. The largest absolute Gasteiger partial charge is 0.314 e. The molecule has 0 radical (unpaired) electrons. The second-order valence-electron chi connectivity index (χ2n) is 4.46. The Labute approximate surface area is 125 Å². The van der Waals surface area contributed by atoms with Crippen molar-refractivity contribution in [2.45, 2.75) is 11.8 Å². The van der Waals surface area contributed by atoms with Crippen molar-refractivity contribution in [3.05, 3.63) is 32.3 Å². The van der Waals surface area contributed by atoms with Gasteiger partial charge in [-0.1, -0.05) is 15.9 Å². The number of benzene rings is 1. The fourth-order valence-electron chi connectivity index (χ4n) is 2.01. The first-order valence-electron chi connectivity index (χ1n) is 5.99. The third-order valence-electron chi connectivity index (χ3n) is 3.20. The maximum atomic E-state index is 12.5. The predicted octanol–water partition coefficient (Wildman–Crippen LogP) is 1.26. The van der Waals surface area contributed by atoms with Crippen molar-refractivity contribution >= 4 is 31.6 Å². The molecule has 1 aliphatic heterocycles. The van der Waals surface area contributed by atoms with Gasteiger partial charge in [-0.3, -0.25) is 10.1 Å². The minimum Gasteiger partial charge on any atom is -0.314 e. The van der Waals surface area contributed by atoms with Crippen LogP contribution in [0.2, 0.25) is 0 Å². The van der Waals surface area contributed by atoms with Crippen molar-refractivity contribution in [1.29, 1.82) is 0 Å². The Kier molecular flexibility index (Phi) is 4.43. The zero-order valence-corrected chi connectivity index (χ0v) is 13.2. The first kappa shape index (κ1) is 15.4. The molecule has 0 atom stereocenters. The monoisotopic (exact) mass is 363 g/mol. The smallest absolute Gasteiger partial charge is 0.274 e. The van der Waals surface area contributed by atoms with Gasteiger partial charge in [0.2, 0.25) is 10.0 Å². The van der Waals surface area contributed by atoms with Gasteiger partial charge in [-0.2, -0.15) is 4.31 Å². The van der Waals surface area contributed by atoms with Gasteiger partial charge in [0.1, 0.15) is 0 Å². The maximum absolute atomic E-state index is 12.5. The van der Waals surface area contributed by atoms with E-state index in [1.165, 1.54) is 10.4 Å². The molecule has 0 amide bonds. The molecule has 1 aromatic rings. The normalized spacial score (nSPS) is 17.1. The first-order chi connectivity index (χ1) is 9.34. The van der Waals surface area contributed by atoms with E-state index in [9.17, 15) is 18.5 Å². The molecule has 9 heteroatoms. The molecule has 1 heterocycles. The van der Waals surface area contributed by atoms with Crippen LogP contribution in [0.15, 0.2) is 21.5 Å². The summed E-state index contributed by atoms with van der Waals surface area (Å²) in [6.45, 7) is 3.45. The summed E-state index contributed by atoms with van der Waals surface area (Å²) in [7, 11) is -3.70. The van der Waals surface area contributed by atoms with Gasteiger partial charge in [0.05, 0.1) is 9.82 Å². The van der Waals surface area contributed by atoms with Crippen LogP contribution in [0, 0.1) is 17.0 Å². The number of nitro benzene ring substituents is 1. The van der Waals surface area contributed by atoms with Crippen molar-refractivity contribution < 1.29 is 13.3 Å². The lowest BCUT2D eigenvalue weighted by molar-refractivity contribution is -0.385. The van der Waals surface area contributed by atoms with E-state index in [-0.39, 0.29) is 10.6 Å². The van der Waals surface area contributed by atoms with Crippen LogP contribution in [0.25, 0.3) is 0 Å². The number of piperazine rings is 1. The van der Waals surface area contributed by atoms with Gasteiger partial charge in [0.25, 0.3) is 5.69 Å². The molecule has 1 saturated heterocycles. The Bertz CT molecular complexity index is 641. The van der Waals surface area contributed by atoms with Crippen molar-refractivity contribution in [2.75, 3.05) is 26.2 Å². The number of rotatable bonds is 3. The standard InChI is InChI=1S/C11H14BrN3O4S/c1-8-10(12)6-9(7-11(8)15(16)17)20(18,19)14-4-2-13-3-5-14/h6-7,13H,2-5H2,1H3. The van der Waals surface area contributed by atoms with E-state index in [0.717, 1.165) is 6.07 Å². The zero-order chi connectivity index (χ0) is 14.9. The van der Waals surface area contributed by atoms with Gasteiger partial charge in [0, 0.05) is 42.3 Å². The Hall–Kier alpha value is -1.03. The fourth-order valence-corrected chi connectivity index (χ4v) is 4.10. The molecule has 0 aromatic heterocycles. The summed E-state index contributed by atoms with van der Waals surface area (Å²) in [5.74, 6) is 0. The number of nitrogens with zero attached hydrogens (tertiary/aromatic N) is 2. The van der Waals surface area contributed by atoms with E-state index >= 15 is 0 Å². The molecule has 0 aliphatic carbocycles. The average molecular weight is 364 g/mol. The van der Waals surface area contributed by atoms with Crippen LogP contribution in [-0.2, 0) is 10.0 Å². The highest BCUT2D eigenvalue weighted by Crippen LogP contribution is 2.31. The molecule has 20 heavy (non-hydrogen) atoms. The van der Waals surface area contributed by atoms with Crippen molar-refractivity contribution in [2.24, 2.45) is 0 Å². The highest BCUT2D eigenvalue weighted by atomic mass is 79.9. The molecular weight excluding hydrogens is 350 g/mol. The quantitative estimate of drug-likeness (QED) is 0.644. The third-order valence-corrected chi connectivity index (χ3v) is 5.90. The summed E-state index contributed by atoms with van der Waals surface area (Å²) in [6.07, 6.45) is 0. The second-order valence-corrected chi connectivity index (χ2v) is 7.25. The second kappa shape index (κ2) is 5.76. The number of nitro groups is 1. The number of sulfonamides is 1. The van der Waals surface area contributed by atoms with Crippen molar-refractivity contribution in [3.8, 4) is 0 Å². The van der Waals surface area contributed by atoms with E-state index in [1.54, 1.807) is 6.92 Å². The third kappa shape index (κ3) is 2.85. The Morgan fingerprint density at radius 1 is 1.35 bits per heavy atom. The minimum absolute atomic E-state index is 0.0522. The van der Waals surface area contributed by atoms with E-state index < -0.39 is 14.9 Å². The molecule has 2 rings (SSSR count). The summed E-state index contributed by atoms with van der Waals surface area (Å²) >= 11 is 3.18. The lowest BCUT2D eigenvalue weighted by atomic mass is 10.2. The van der Waals surface area contributed by atoms with E-state index in [4.69, 9.17) is 0 Å². The highest BCUT2D eigenvalue weighted by molar-refractivity contribution is 9.10. The van der Waals surface area contributed by atoms with Gasteiger partial charge in [-0.25, -0.2) is 8.42 Å². The van der Waals surface area contributed by atoms with Gasteiger partial charge in [-0.15, -0.1) is 0 Å². The number of hydrogen-bond donors (Lipinski definition) is 1. The van der Waals surface area contributed by atoms with Crippen LogP contribution in [0.5, 0.6) is 0 Å². The van der Waals surface area contributed by atoms with Crippen molar-refractivity contribution in [1.82, 2.24) is 9.62 Å². The van der Waals surface area contributed by atoms with Gasteiger partial charge in [0.15, 0.2) is 0 Å². The van der Waals surface area contributed by atoms with Crippen LogP contribution in [0.3, 0.4) is 0 Å². The van der Waals surface area contributed by atoms with Crippen LogP contribution in [-0.4, -0.2) is 43.8 Å². The molecule has 0 unspecified atom stereocenters. The van der Waals surface area contributed by atoms with Gasteiger partial charge in [-0.05, 0) is 13.0 Å². The number of halogens is 1. The molecule has 110 valence electrons. The lowest BCUT2D eigenvalue weighted by Gasteiger charge is -2.26. The fraction of sp³-hybridized carbons (Fsp3) is 0.455. The SMILES string of the molecule is Cc1c(Br)cc(S(=O)(=O)N2CCNCC2)cc1[N+](=O)[O-]. The maximum Gasteiger partial charge on any atom is 0.274 e. The summed E-state index contributed by atoms with van der Waals surface area (Å²) in [5.41, 5.74) is 0.211. The molecule has 1 N–H and O–H groups in total.